The molecule has 2 N–H and O–H groups in total. The predicted molar refractivity (Wildman–Crippen MR) is 112 cm³/mol. The summed E-state index contributed by atoms with van der Waals surface area (Å²) in [5, 5.41) is 6.65. The summed E-state index contributed by atoms with van der Waals surface area (Å²) in [6.07, 6.45) is 5.68. The molecule has 2 heterocycles. The van der Waals surface area contributed by atoms with Crippen LogP contribution in [0.1, 0.15) is 24.8 Å². The van der Waals surface area contributed by atoms with Gasteiger partial charge in [0, 0.05) is 36.3 Å². The van der Waals surface area contributed by atoms with Crippen LogP contribution in [-0.2, 0) is 0 Å². The molecule has 2 aromatic carbocycles. The molecular formula is C22H25N5. The maximum atomic E-state index is 4.57. The molecule has 3 aromatic rings. The van der Waals surface area contributed by atoms with Gasteiger partial charge in [0.1, 0.15) is 5.82 Å². The van der Waals surface area contributed by atoms with E-state index in [-0.39, 0.29) is 0 Å². The first-order valence-electron chi connectivity index (χ1n) is 9.56. The van der Waals surface area contributed by atoms with Gasteiger partial charge in [0.15, 0.2) is 0 Å². The molecule has 0 atom stereocenters. The van der Waals surface area contributed by atoms with Crippen LogP contribution in [0.15, 0.2) is 60.8 Å². The summed E-state index contributed by atoms with van der Waals surface area (Å²) in [5.41, 5.74) is 4.51. The predicted octanol–water partition coefficient (Wildman–Crippen LogP) is 5.26. The lowest BCUT2D eigenvalue weighted by molar-refractivity contribution is 0.578. The lowest BCUT2D eigenvalue weighted by atomic mass is 10.1. The number of aryl methyl sites for hydroxylation is 1. The molecule has 0 saturated carbocycles. The van der Waals surface area contributed by atoms with Gasteiger partial charge in [0.2, 0.25) is 5.95 Å². The minimum absolute atomic E-state index is 0.583. The van der Waals surface area contributed by atoms with Crippen LogP contribution in [0.5, 0.6) is 0 Å². The van der Waals surface area contributed by atoms with Crippen molar-refractivity contribution >= 4 is 28.8 Å². The molecule has 5 heteroatoms. The molecule has 1 fully saturated rings. The number of hydrogen-bond acceptors (Lipinski definition) is 5. The van der Waals surface area contributed by atoms with E-state index in [0.717, 1.165) is 30.3 Å². The van der Waals surface area contributed by atoms with Gasteiger partial charge < -0.3 is 15.5 Å². The molecule has 1 aromatic heterocycles. The second kappa shape index (κ2) is 8.08. The summed E-state index contributed by atoms with van der Waals surface area (Å²) in [7, 11) is 0. The van der Waals surface area contributed by atoms with Gasteiger partial charge in [-0.05, 0) is 68.1 Å². The Hall–Kier alpha value is -3.08. The second-order valence-corrected chi connectivity index (χ2v) is 6.92. The first kappa shape index (κ1) is 17.3. The average molecular weight is 359 g/mol. The highest BCUT2D eigenvalue weighted by Crippen LogP contribution is 2.24. The third-order valence-electron chi connectivity index (χ3n) is 4.91. The Bertz CT molecular complexity index is 885. The highest BCUT2D eigenvalue weighted by atomic mass is 15.1. The summed E-state index contributed by atoms with van der Waals surface area (Å²) in [5.74, 6) is 1.35. The summed E-state index contributed by atoms with van der Waals surface area (Å²) < 4.78 is 0. The van der Waals surface area contributed by atoms with Gasteiger partial charge in [-0.25, -0.2) is 4.98 Å². The molecule has 138 valence electrons. The van der Waals surface area contributed by atoms with Crippen molar-refractivity contribution in [1.29, 1.82) is 0 Å². The molecule has 0 unspecified atom stereocenters. The lowest BCUT2D eigenvalue weighted by Gasteiger charge is -2.28. The van der Waals surface area contributed by atoms with E-state index in [1.165, 1.54) is 30.5 Å². The van der Waals surface area contributed by atoms with Gasteiger partial charge in [-0.15, -0.1) is 0 Å². The zero-order valence-corrected chi connectivity index (χ0v) is 15.7. The highest BCUT2D eigenvalue weighted by molar-refractivity contribution is 5.63. The fraction of sp³-hybridized carbons (Fsp3) is 0.273. The smallest absolute Gasteiger partial charge is 0.229 e. The number of aromatic nitrogens is 2. The van der Waals surface area contributed by atoms with Gasteiger partial charge in [-0.1, -0.05) is 18.2 Å². The molecule has 5 nitrogen and oxygen atoms in total. The van der Waals surface area contributed by atoms with Crippen molar-refractivity contribution in [3.8, 4) is 0 Å². The molecule has 1 saturated heterocycles. The minimum Gasteiger partial charge on any atom is -0.372 e. The summed E-state index contributed by atoms with van der Waals surface area (Å²) in [4.78, 5) is 11.4. The van der Waals surface area contributed by atoms with Gasteiger partial charge in [0.05, 0.1) is 0 Å². The minimum atomic E-state index is 0.583. The van der Waals surface area contributed by atoms with Crippen LogP contribution in [0.25, 0.3) is 0 Å². The number of hydrogen-bond donors (Lipinski definition) is 2. The van der Waals surface area contributed by atoms with Gasteiger partial charge in [-0.2, -0.15) is 4.98 Å². The molecular weight excluding hydrogens is 334 g/mol. The third kappa shape index (κ3) is 4.37. The highest BCUT2D eigenvalue weighted by Gasteiger charge is 2.10. The van der Waals surface area contributed by atoms with Crippen molar-refractivity contribution in [1.82, 2.24) is 9.97 Å². The zero-order chi connectivity index (χ0) is 18.5. The molecule has 27 heavy (non-hydrogen) atoms. The van der Waals surface area contributed by atoms with E-state index >= 15 is 0 Å². The molecule has 0 amide bonds. The van der Waals surface area contributed by atoms with Crippen molar-refractivity contribution in [2.45, 2.75) is 26.2 Å². The molecule has 0 bridgehead atoms. The number of nitrogens with one attached hydrogen (secondary N) is 2. The van der Waals surface area contributed by atoms with Crippen LogP contribution in [-0.4, -0.2) is 23.1 Å². The van der Waals surface area contributed by atoms with Crippen molar-refractivity contribution in [2.24, 2.45) is 0 Å². The molecule has 0 aliphatic carbocycles. The monoisotopic (exact) mass is 359 g/mol. The maximum absolute atomic E-state index is 4.57. The number of piperidine rings is 1. The van der Waals surface area contributed by atoms with E-state index in [4.69, 9.17) is 0 Å². The number of benzene rings is 2. The van der Waals surface area contributed by atoms with E-state index in [2.05, 4.69) is 62.8 Å². The topological polar surface area (TPSA) is 53.1 Å². The summed E-state index contributed by atoms with van der Waals surface area (Å²) >= 11 is 0. The fourth-order valence-corrected chi connectivity index (χ4v) is 3.38. The quantitative estimate of drug-likeness (QED) is 0.650. The van der Waals surface area contributed by atoms with Crippen LogP contribution in [0.3, 0.4) is 0 Å². The Labute approximate surface area is 160 Å². The van der Waals surface area contributed by atoms with Crippen LogP contribution in [0.2, 0.25) is 0 Å². The van der Waals surface area contributed by atoms with E-state index in [1.54, 1.807) is 6.20 Å². The van der Waals surface area contributed by atoms with Crippen molar-refractivity contribution in [3.63, 3.8) is 0 Å². The van der Waals surface area contributed by atoms with Crippen molar-refractivity contribution < 1.29 is 0 Å². The van der Waals surface area contributed by atoms with E-state index in [9.17, 15) is 0 Å². The Morgan fingerprint density at radius 1 is 0.852 bits per heavy atom. The maximum Gasteiger partial charge on any atom is 0.229 e. The standard InChI is InChI=1S/C22H25N5/c1-17-7-3-4-8-20(17)25-21-13-14-23-22(26-21)24-18-9-11-19(12-10-18)27-15-5-2-6-16-27/h3-4,7-14H,2,5-6,15-16H2,1H3,(H2,23,24,25,26). The number of rotatable bonds is 5. The van der Waals surface area contributed by atoms with Gasteiger partial charge in [0.25, 0.3) is 0 Å². The van der Waals surface area contributed by atoms with E-state index < -0.39 is 0 Å². The zero-order valence-electron chi connectivity index (χ0n) is 15.7. The normalized spacial score (nSPS) is 14.0. The van der Waals surface area contributed by atoms with E-state index in [0.29, 0.717) is 5.95 Å². The van der Waals surface area contributed by atoms with Crippen molar-refractivity contribution in [3.05, 3.63) is 66.4 Å². The average Bonchev–Trinajstić information content (AvgIpc) is 2.71. The Balaban J connectivity index is 1.44. The first-order valence-corrected chi connectivity index (χ1v) is 9.56. The fourth-order valence-electron chi connectivity index (χ4n) is 3.38. The van der Waals surface area contributed by atoms with Crippen LogP contribution in [0, 0.1) is 6.92 Å². The molecule has 0 spiro atoms. The summed E-state index contributed by atoms with van der Waals surface area (Å²) in [6.45, 7) is 4.39. The Kier molecular flexibility index (Phi) is 5.19. The largest absolute Gasteiger partial charge is 0.372 e. The Morgan fingerprint density at radius 3 is 2.41 bits per heavy atom. The number of para-hydroxylation sites is 1. The lowest BCUT2D eigenvalue weighted by Crippen LogP contribution is -2.29. The molecule has 1 aliphatic rings. The first-order chi connectivity index (χ1) is 13.3. The van der Waals surface area contributed by atoms with Crippen LogP contribution >= 0.6 is 0 Å². The molecule has 1 aliphatic heterocycles. The van der Waals surface area contributed by atoms with Crippen LogP contribution in [0.4, 0.5) is 28.8 Å². The second-order valence-electron chi connectivity index (χ2n) is 6.92. The van der Waals surface area contributed by atoms with Crippen LogP contribution < -0.4 is 15.5 Å². The third-order valence-corrected chi connectivity index (χ3v) is 4.91. The SMILES string of the molecule is Cc1ccccc1Nc1ccnc(Nc2ccc(N3CCCCC3)cc2)n1. The summed E-state index contributed by atoms with van der Waals surface area (Å²) in [6, 6.07) is 18.6. The van der Waals surface area contributed by atoms with E-state index in [1.807, 2.05) is 24.3 Å². The number of anilines is 5. The van der Waals surface area contributed by atoms with Gasteiger partial charge in [-0.3, -0.25) is 0 Å². The number of nitrogens with zero attached hydrogens (tertiary/aromatic N) is 3. The van der Waals surface area contributed by atoms with Gasteiger partial charge >= 0.3 is 0 Å². The molecule has 0 radical (unpaired) electrons. The molecule has 4 rings (SSSR count). The van der Waals surface area contributed by atoms with Crippen molar-refractivity contribution in [2.75, 3.05) is 28.6 Å². The Morgan fingerprint density at radius 2 is 1.63 bits per heavy atom.